The first-order chi connectivity index (χ1) is 11.3. The normalized spacial score (nSPS) is 18.7. The number of ether oxygens (including phenoxy) is 2. The van der Waals surface area contributed by atoms with Gasteiger partial charge in [-0.25, -0.2) is 0 Å². The summed E-state index contributed by atoms with van der Waals surface area (Å²) in [5, 5.41) is 3.55. The van der Waals surface area contributed by atoms with E-state index in [2.05, 4.69) is 48.6 Å². The highest BCUT2D eigenvalue weighted by Gasteiger charge is 2.16. The zero-order valence-corrected chi connectivity index (χ0v) is 13.7. The molecule has 122 valence electrons. The van der Waals surface area contributed by atoms with Gasteiger partial charge in [-0.2, -0.15) is 0 Å². The smallest absolute Gasteiger partial charge is 0.119 e. The maximum atomic E-state index is 5.81. The number of rotatable bonds is 7. The molecule has 2 atom stereocenters. The molecule has 0 amide bonds. The van der Waals surface area contributed by atoms with Gasteiger partial charge in [0.25, 0.3) is 0 Å². The molecule has 2 aromatic rings. The minimum atomic E-state index is 0.265. The van der Waals surface area contributed by atoms with Gasteiger partial charge >= 0.3 is 0 Å². The molecule has 1 aliphatic heterocycles. The van der Waals surface area contributed by atoms with Gasteiger partial charge in [0.15, 0.2) is 0 Å². The summed E-state index contributed by atoms with van der Waals surface area (Å²) in [6.07, 6.45) is 2.52. The van der Waals surface area contributed by atoms with Crippen molar-refractivity contribution in [3.63, 3.8) is 0 Å². The van der Waals surface area contributed by atoms with E-state index >= 15 is 0 Å². The Morgan fingerprint density at radius 1 is 1.13 bits per heavy atom. The van der Waals surface area contributed by atoms with Crippen LogP contribution in [0.4, 0.5) is 0 Å². The summed E-state index contributed by atoms with van der Waals surface area (Å²) in [5.74, 6) is 0.916. The first-order valence-electron chi connectivity index (χ1n) is 8.43. The van der Waals surface area contributed by atoms with Crippen LogP contribution in [-0.2, 0) is 11.3 Å². The predicted molar refractivity (Wildman–Crippen MR) is 92.6 cm³/mol. The Bertz CT molecular complexity index is 576. The number of nitrogens with one attached hydrogen (secondary N) is 1. The second kappa shape index (κ2) is 8.14. The number of benzene rings is 2. The van der Waals surface area contributed by atoms with Crippen molar-refractivity contribution in [1.82, 2.24) is 5.32 Å². The molecule has 0 aliphatic carbocycles. The van der Waals surface area contributed by atoms with Gasteiger partial charge in [0.2, 0.25) is 0 Å². The molecule has 3 heteroatoms. The van der Waals surface area contributed by atoms with Crippen LogP contribution in [0.5, 0.6) is 5.75 Å². The molecular formula is C20H25NO2. The van der Waals surface area contributed by atoms with E-state index in [0.29, 0.717) is 12.6 Å². The quantitative estimate of drug-likeness (QED) is 0.835. The molecule has 1 fully saturated rings. The SMILES string of the molecule is CC(NCc1ccccc1)c1ccc(OCC2CCCO2)cc1. The van der Waals surface area contributed by atoms with Gasteiger partial charge in [-0.1, -0.05) is 42.5 Å². The lowest BCUT2D eigenvalue weighted by atomic mass is 10.1. The molecule has 0 saturated carbocycles. The standard InChI is InChI=1S/C20H25NO2/c1-16(21-14-17-6-3-2-4-7-17)18-9-11-19(12-10-18)23-15-20-8-5-13-22-20/h2-4,6-7,9-12,16,20-21H,5,8,13-15H2,1H3. The van der Waals surface area contributed by atoms with E-state index in [9.17, 15) is 0 Å². The van der Waals surface area contributed by atoms with Crippen molar-refractivity contribution < 1.29 is 9.47 Å². The number of hydrogen-bond donors (Lipinski definition) is 1. The Hall–Kier alpha value is -1.84. The Labute approximate surface area is 138 Å². The van der Waals surface area contributed by atoms with E-state index in [-0.39, 0.29) is 6.10 Å². The topological polar surface area (TPSA) is 30.5 Å². The molecule has 0 spiro atoms. The van der Waals surface area contributed by atoms with E-state index in [4.69, 9.17) is 9.47 Å². The summed E-state index contributed by atoms with van der Waals surface area (Å²) >= 11 is 0. The van der Waals surface area contributed by atoms with Crippen LogP contribution in [0.25, 0.3) is 0 Å². The van der Waals surface area contributed by atoms with E-state index in [1.165, 1.54) is 11.1 Å². The summed E-state index contributed by atoms with van der Waals surface area (Å²) in [6.45, 7) is 4.59. The average Bonchev–Trinajstić information content (AvgIpc) is 3.13. The third kappa shape index (κ3) is 4.81. The molecule has 1 heterocycles. The molecular weight excluding hydrogens is 286 g/mol. The van der Waals surface area contributed by atoms with Crippen molar-refractivity contribution in [2.24, 2.45) is 0 Å². The predicted octanol–water partition coefficient (Wildman–Crippen LogP) is 4.10. The van der Waals surface area contributed by atoms with Crippen molar-refractivity contribution in [2.45, 2.75) is 38.5 Å². The van der Waals surface area contributed by atoms with Crippen molar-refractivity contribution in [3.8, 4) is 5.75 Å². The molecule has 2 aromatic carbocycles. The molecule has 23 heavy (non-hydrogen) atoms. The van der Waals surface area contributed by atoms with Gasteiger partial charge in [0, 0.05) is 19.2 Å². The minimum Gasteiger partial charge on any atom is -0.491 e. The monoisotopic (exact) mass is 311 g/mol. The Balaban J connectivity index is 1.47. The molecule has 1 N–H and O–H groups in total. The van der Waals surface area contributed by atoms with Crippen LogP contribution < -0.4 is 10.1 Å². The van der Waals surface area contributed by atoms with Gasteiger partial charge in [0.05, 0.1) is 6.10 Å². The van der Waals surface area contributed by atoms with Gasteiger partial charge in [-0.05, 0) is 43.0 Å². The summed E-state index contributed by atoms with van der Waals surface area (Å²) < 4.78 is 11.4. The lowest BCUT2D eigenvalue weighted by Crippen LogP contribution is -2.18. The van der Waals surface area contributed by atoms with Crippen LogP contribution in [-0.4, -0.2) is 19.3 Å². The number of hydrogen-bond acceptors (Lipinski definition) is 3. The summed E-state index contributed by atoms with van der Waals surface area (Å²) in [5.41, 5.74) is 2.57. The fourth-order valence-corrected chi connectivity index (χ4v) is 2.80. The van der Waals surface area contributed by atoms with Crippen LogP contribution in [0.3, 0.4) is 0 Å². The zero-order valence-electron chi connectivity index (χ0n) is 13.7. The van der Waals surface area contributed by atoms with Crippen LogP contribution in [0.2, 0.25) is 0 Å². The minimum absolute atomic E-state index is 0.265. The Morgan fingerprint density at radius 3 is 2.61 bits per heavy atom. The van der Waals surface area contributed by atoms with Crippen LogP contribution in [0.15, 0.2) is 54.6 Å². The van der Waals surface area contributed by atoms with Crippen LogP contribution >= 0.6 is 0 Å². The molecule has 0 bridgehead atoms. The van der Waals surface area contributed by atoms with E-state index in [1.54, 1.807) is 0 Å². The average molecular weight is 311 g/mol. The van der Waals surface area contributed by atoms with Crippen molar-refractivity contribution in [3.05, 3.63) is 65.7 Å². The second-order valence-corrected chi connectivity index (χ2v) is 6.10. The molecule has 3 nitrogen and oxygen atoms in total. The second-order valence-electron chi connectivity index (χ2n) is 6.10. The summed E-state index contributed by atoms with van der Waals surface area (Å²) in [4.78, 5) is 0. The lowest BCUT2D eigenvalue weighted by molar-refractivity contribution is 0.0679. The lowest BCUT2D eigenvalue weighted by Gasteiger charge is -2.16. The van der Waals surface area contributed by atoms with Crippen LogP contribution in [0, 0.1) is 0 Å². The van der Waals surface area contributed by atoms with E-state index < -0.39 is 0 Å². The first-order valence-corrected chi connectivity index (χ1v) is 8.43. The summed E-state index contributed by atoms with van der Waals surface area (Å²) in [7, 11) is 0. The highest BCUT2D eigenvalue weighted by atomic mass is 16.5. The van der Waals surface area contributed by atoms with Crippen molar-refractivity contribution >= 4 is 0 Å². The Morgan fingerprint density at radius 2 is 1.91 bits per heavy atom. The third-order valence-corrected chi connectivity index (χ3v) is 4.30. The molecule has 3 rings (SSSR count). The fourth-order valence-electron chi connectivity index (χ4n) is 2.80. The molecule has 2 unspecified atom stereocenters. The van der Waals surface area contributed by atoms with Crippen molar-refractivity contribution in [1.29, 1.82) is 0 Å². The molecule has 1 saturated heterocycles. The van der Waals surface area contributed by atoms with Gasteiger partial charge < -0.3 is 14.8 Å². The maximum Gasteiger partial charge on any atom is 0.119 e. The van der Waals surface area contributed by atoms with Crippen LogP contribution in [0.1, 0.15) is 36.9 Å². The van der Waals surface area contributed by atoms with Gasteiger partial charge in [-0.3, -0.25) is 0 Å². The largest absolute Gasteiger partial charge is 0.491 e. The van der Waals surface area contributed by atoms with Crippen molar-refractivity contribution in [2.75, 3.05) is 13.2 Å². The molecule has 0 radical (unpaired) electrons. The third-order valence-electron chi connectivity index (χ3n) is 4.30. The molecule has 0 aromatic heterocycles. The highest BCUT2D eigenvalue weighted by Crippen LogP contribution is 2.20. The Kier molecular flexibility index (Phi) is 5.67. The van der Waals surface area contributed by atoms with Gasteiger partial charge in [0.1, 0.15) is 12.4 Å². The molecule has 1 aliphatic rings. The maximum absolute atomic E-state index is 5.81. The van der Waals surface area contributed by atoms with E-state index in [0.717, 1.165) is 31.7 Å². The first kappa shape index (κ1) is 16.0. The summed E-state index contributed by atoms with van der Waals surface area (Å²) in [6, 6.07) is 19.1. The zero-order chi connectivity index (χ0) is 15.9. The van der Waals surface area contributed by atoms with Gasteiger partial charge in [-0.15, -0.1) is 0 Å². The highest BCUT2D eigenvalue weighted by molar-refractivity contribution is 5.29. The fraction of sp³-hybridized carbons (Fsp3) is 0.400. The van der Waals surface area contributed by atoms with E-state index in [1.807, 2.05) is 18.2 Å².